The largest absolute Gasteiger partial charge is 0.378 e. The molecule has 9 nitrogen and oxygen atoms in total. The van der Waals surface area contributed by atoms with Crippen molar-refractivity contribution >= 4 is 23.1 Å². The van der Waals surface area contributed by atoms with Crippen molar-refractivity contribution in [2.75, 3.05) is 55.4 Å². The third-order valence-corrected chi connectivity index (χ3v) is 4.65. The van der Waals surface area contributed by atoms with Crippen LogP contribution in [0.5, 0.6) is 0 Å². The summed E-state index contributed by atoms with van der Waals surface area (Å²) in [6.45, 7) is 4.39. The van der Waals surface area contributed by atoms with Crippen LogP contribution >= 0.6 is 0 Å². The van der Waals surface area contributed by atoms with Gasteiger partial charge in [0, 0.05) is 31.5 Å². The van der Waals surface area contributed by atoms with Crippen molar-refractivity contribution in [3.05, 3.63) is 41.9 Å². The fourth-order valence-electron chi connectivity index (χ4n) is 3.37. The van der Waals surface area contributed by atoms with Gasteiger partial charge in [0.15, 0.2) is 5.82 Å². The van der Waals surface area contributed by atoms with Crippen LogP contribution in [0.2, 0.25) is 0 Å². The van der Waals surface area contributed by atoms with Crippen molar-refractivity contribution in [1.29, 1.82) is 0 Å². The maximum Gasteiger partial charge on any atom is 0.258 e. The summed E-state index contributed by atoms with van der Waals surface area (Å²) in [6.07, 6.45) is 2.97. The fraction of sp³-hybridized carbons (Fsp3) is 0.389. The number of morpholine rings is 1. The first-order valence-electron chi connectivity index (χ1n) is 8.99. The van der Waals surface area contributed by atoms with Gasteiger partial charge in [-0.25, -0.2) is 15.0 Å². The zero-order valence-electron chi connectivity index (χ0n) is 15.2. The molecule has 2 aromatic rings. The Balaban J connectivity index is 1.58. The van der Waals surface area contributed by atoms with E-state index in [9.17, 15) is 4.79 Å². The summed E-state index contributed by atoms with van der Waals surface area (Å²) in [5.41, 5.74) is 7.15. The third kappa shape index (κ3) is 3.64. The number of benzene rings is 1. The van der Waals surface area contributed by atoms with Crippen molar-refractivity contribution in [3.8, 4) is 0 Å². The van der Waals surface area contributed by atoms with E-state index < -0.39 is 0 Å². The van der Waals surface area contributed by atoms with Crippen molar-refractivity contribution in [2.45, 2.75) is 6.54 Å². The second kappa shape index (κ2) is 7.77. The Morgan fingerprint density at radius 3 is 2.96 bits per heavy atom. The van der Waals surface area contributed by atoms with E-state index in [0.29, 0.717) is 18.1 Å². The van der Waals surface area contributed by atoms with Gasteiger partial charge in [-0.15, -0.1) is 0 Å². The van der Waals surface area contributed by atoms with Crippen LogP contribution in [0.25, 0.3) is 0 Å². The Kier molecular flexibility index (Phi) is 5.03. The van der Waals surface area contributed by atoms with Crippen molar-refractivity contribution in [1.82, 2.24) is 20.6 Å². The Morgan fingerprint density at radius 2 is 2.15 bits per heavy atom. The van der Waals surface area contributed by atoms with Gasteiger partial charge < -0.3 is 20.3 Å². The van der Waals surface area contributed by atoms with Crippen LogP contribution < -0.4 is 26.0 Å². The first-order valence-corrected chi connectivity index (χ1v) is 8.99. The number of rotatable bonds is 5. The maximum atomic E-state index is 12.0. The fourth-order valence-corrected chi connectivity index (χ4v) is 3.37. The first-order chi connectivity index (χ1) is 13.3. The summed E-state index contributed by atoms with van der Waals surface area (Å²) in [6, 6.07) is 6.30. The van der Waals surface area contributed by atoms with Gasteiger partial charge in [0.25, 0.3) is 5.91 Å². The van der Waals surface area contributed by atoms with Crippen LogP contribution in [0.1, 0.15) is 15.9 Å². The summed E-state index contributed by atoms with van der Waals surface area (Å²) in [4.78, 5) is 22.5. The van der Waals surface area contributed by atoms with E-state index in [4.69, 9.17) is 4.74 Å². The van der Waals surface area contributed by atoms with Crippen molar-refractivity contribution < 1.29 is 9.53 Å². The number of carbonyl (C=O) groups excluding carboxylic acids is 1. The molecule has 0 spiro atoms. The molecule has 4 rings (SSSR count). The van der Waals surface area contributed by atoms with E-state index in [2.05, 4.69) is 43.1 Å². The summed E-state index contributed by atoms with van der Waals surface area (Å²) in [7, 11) is 1.94. The lowest BCUT2D eigenvalue weighted by molar-refractivity contribution is 0.0947. The number of hydrogen-bond acceptors (Lipinski definition) is 8. The van der Waals surface area contributed by atoms with E-state index in [1.54, 1.807) is 0 Å². The molecule has 1 amide bonds. The molecule has 0 bridgehead atoms. The lowest BCUT2D eigenvalue weighted by atomic mass is 10.1. The molecule has 0 unspecified atom stereocenters. The average molecular weight is 369 g/mol. The van der Waals surface area contributed by atoms with Crippen LogP contribution in [-0.4, -0.2) is 55.9 Å². The Labute approximate surface area is 157 Å². The van der Waals surface area contributed by atoms with E-state index in [0.717, 1.165) is 38.5 Å². The molecule has 9 heteroatoms. The molecule has 0 aliphatic carbocycles. The summed E-state index contributed by atoms with van der Waals surface area (Å²) < 4.78 is 5.46. The molecule has 2 aliphatic heterocycles. The van der Waals surface area contributed by atoms with Gasteiger partial charge in [0.1, 0.15) is 18.6 Å². The molecule has 3 heterocycles. The zero-order valence-corrected chi connectivity index (χ0v) is 15.2. The number of aromatic nitrogens is 2. The highest BCUT2D eigenvalue weighted by atomic mass is 16.5. The van der Waals surface area contributed by atoms with E-state index >= 15 is 0 Å². The summed E-state index contributed by atoms with van der Waals surface area (Å²) in [5, 5.41) is 7.87. The number of ether oxygens (including phenoxy) is 1. The number of hydrogen-bond donors (Lipinski definition) is 3. The van der Waals surface area contributed by atoms with Gasteiger partial charge in [-0.1, -0.05) is 0 Å². The van der Waals surface area contributed by atoms with E-state index in [1.807, 2.05) is 18.1 Å². The summed E-state index contributed by atoms with van der Waals surface area (Å²) >= 11 is 0. The molecule has 142 valence electrons. The Hall–Kier alpha value is -2.91. The standard InChI is InChI=1S/C18H23N7O2/c1-19-9-13-8-14(2-3-16(13)24-4-6-27-7-5-24)23-25-12-22-18(26)15-10-20-11-21-17(15)25/h2-3,8,10-11,19,23H,4-7,9,12H2,1H3,(H,22,26). The maximum absolute atomic E-state index is 12.0. The predicted molar refractivity (Wildman–Crippen MR) is 103 cm³/mol. The van der Waals surface area contributed by atoms with E-state index in [1.165, 1.54) is 23.8 Å². The lowest BCUT2D eigenvalue weighted by Crippen LogP contribution is -2.47. The number of nitrogens with zero attached hydrogens (tertiary/aromatic N) is 4. The van der Waals surface area contributed by atoms with Gasteiger partial charge in [-0.05, 0) is 30.8 Å². The highest BCUT2D eigenvalue weighted by Crippen LogP contribution is 2.27. The number of fused-ring (bicyclic) bond motifs is 1. The number of nitrogens with one attached hydrogen (secondary N) is 3. The topological polar surface area (TPSA) is 94.6 Å². The molecule has 1 fully saturated rings. The third-order valence-electron chi connectivity index (χ3n) is 4.65. The Morgan fingerprint density at radius 1 is 1.30 bits per heavy atom. The number of carbonyl (C=O) groups is 1. The second-order valence-electron chi connectivity index (χ2n) is 6.44. The molecule has 0 saturated carbocycles. The van der Waals surface area contributed by atoms with Gasteiger partial charge in [-0.2, -0.15) is 0 Å². The molecular weight excluding hydrogens is 346 g/mol. The van der Waals surface area contributed by atoms with Gasteiger partial charge in [-0.3, -0.25) is 10.2 Å². The Bertz CT molecular complexity index is 823. The molecular formula is C18H23N7O2. The number of amides is 1. The minimum atomic E-state index is -0.165. The molecule has 2 aliphatic rings. The van der Waals surface area contributed by atoms with Crippen molar-refractivity contribution in [3.63, 3.8) is 0 Å². The van der Waals surface area contributed by atoms with Crippen molar-refractivity contribution in [2.24, 2.45) is 0 Å². The van der Waals surface area contributed by atoms with Crippen LogP contribution in [0.15, 0.2) is 30.7 Å². The lowest BCUT2D eigenvalue weighted by Gasteiger charge is -2.32. The van der Waals surface area contributed by atoms with Crippen LogP contribution in [0, 0.1) is 0 Å². The average Bonchev–Trinajstić information content (AvgIpc) is 2.71. The molecule has 0 atom stereocenters. The summed E-state index contributed by atoms with van der Waals surface area (Å²) in [5.74, 6) is 0.406. The van der Waals surface area contributed by atoms with Gasteiger partial charge in [0.2, 0.25) is 0 Å². The molecule has 1 saturated heterocycles. The molecule has 1 aromatic carbocycles. The monoisotopic (exact) mass is 369 g/mol. The van der Waals surface area contributed by atoms with Crippen LogP contribution in [0.4, 0.5) is 17.2 Å². The quantitative estimate of drug-likeness (QED) is 0.704. The molecule has 3 N–H and O–H groups in total. The minimum Gasteiger partial charge on any atom is -0.378 e. The van der Waals surface area contributed by atoms with E-state index in [-0.39, 0.29) is 5.91 Å². The first kappa shape index (κ1) is 17.5. The van der Waals surface area contributed by atoms with Gasteiger partial charge in [0.05, 0.1) is 18.9 Å². The highest BCUT2D eigenvalue weighted by Gasteiger charge is 2.24. The number of hydrazine groups is 1. The smallest absolute Gasteiger partial charge is 0.258 e. The van der Waals surface area contributed by atoms with Crippen LogP contribution in [0.3, 0.4) is 0 Å². The highest BCUT2D eigenvalue weighted by molar-refractivity contribution is 6.00. The van der Waals surface area contributed by atoms with Gasteiger partial charge >= 0.3 is 0 Å². The molecule has 1 aromatic heterocycles. The minimum absolute atomic E-state index is 0.165. The predicted octanol–water partition coefficient (Wildman–Crippen LogP) is 0.567. The SMILES string of the molecule is CNCc1cc(NN2CNC(=O)c3cncnc32)ccc1N1CCOCC1. The normalized spacial score (nSPS) is 16.7. The van der Waals surface area contributed by atoms with Crippen LogP contribution in [-0.2, 0) is 11.3 Å². The second-order valence-corrected chi connectivity index (χ2v) is 6.44. The molecule has 0 radical (unpaired) electrons. The number of anilines is 3. The zero-order chi connectivity index (χ0) is 18.6. The molecule has 27 heavy (non-hydrogen) atoms.